The van der Waals surface area contributed by atoms with Crippen molar-refractivity contribution >= 4 is 23.4 Å². The second-order valence-electron chi connectivity index (χ2n) is 8.15. The number of rotatable bonds is 6. The summed E-state index contributed by atoms with van der Waals surface area (Å²) in [7, 11) is 0. The highest BCUT2D eigenvalue weighted by Crippen LogP contribution is 2.46. The third-order valence-electron chi connectivity index (χ3n) is 5.73. The van der Waals surface area contributed by atoms with E-state index in [-0.39, 0.29) is 24.3 Å². The second-order valence-corrected chi connectivity index (χ2v) is 8.15. The van der Waals surface area contributed by atoms with Gasteiger partial charge in [-0.15, -0.1) is 0 Å². The van der Waals surface area contributed by atoms with E-state index in [1.54, 1.807) is 31.2 Å². The van der Waals surface area contributed by atoms with Gasteiger partial charge in [-0.2, -0.15) is 0 Å². The van der Waals surface area contributed by atoms with Crippen molar-refractivity contribution in [1.29, 1.82) is 0 Å². The van der Waals surface area contributed by atoms with Gasteiger partial charge in [0.15, 0.2) is 0 Å². The van der Waals surface area contributed by atoms with Crippen LogP contribution in [0.2, 0.25) is 0 Å². The van der Waals surface area contributed by atoms with Crippen LogP contribution in [0.4, 0.5) is 16.2 Å². The van der Waals surface area contributed by atoms with Gasteiger partial charge in [0.25, 0.3) is 0 Å². The second kappa shape index (κ2) is 9.14. The lowest BCUT2D eigenvalue weighted by Crippen LogP contribution is -2.38. The predicted octanol–water partition coefficient (Wildman–Crippen LogP) is 4.91. The number of para-hydroxylation sites is 2. The van der Waals surface area contributed by atoms with Crippen molar-refractivity contribution < 1.29 is 14.3 Å². The third-order valence-corrected chi connectivity index (χ3v) is 5.73. The van der Waals surface area contributed by atoms with Gasteiger partial charge in [-0.3, -0.25) is 4.79 Å². The molecule has 0 aromatic heterocycles. The molecule has 2 atom stereocenters. The summed E-state index contributed by atoms with van der Waals surface area (Å²) in [6.45, 7) is 3.67. The number of nitrogens with two attached hydrogens (primary N) is 1. The predicted molar refractivity (Wildman–Crippen MR) is 126 cm³/mol. The summed E-state index contributed by atoms with van der Waals surface area (Å²) in [5.41, 5.74) is 11.6. The van der Waals surface area contributed by atoms with Crippen molar-refractivity contribution in [2.24, 2.45) is 0 Å². The number of benzene rings is 3. The lowest BCUT2D eigenvalue weighted by Gasteiger charge is -2.23. The standard InChI is InChI=1S/C26H27N3O3/c1-16(15-24(30)29-23-14-8-7-13-22(23)27)28-26(31)32-17(2)25-20-11-5-3-9-18(20)19-10-4-6-12-21(19)25/h3-14,16-17,25H,15,27H2,1-2H3,(H,28,31)(H,29,30)/t16-,17?/m1/s1. The van der Waals surface area contributed by atoms with E-state index in [1.807, 2.05) is 31.2 Å². The zero-order chi connectivity index (χ0) is 22.7. The molecule has 1 aliphatic carbocycles. The van der Waals surface area contributed by atoms with Crippen LogP contribution in [-0.4, -0.2) is 24.1 Å². The molecule has 0 aliphatic heterocycles. The van der Waals surface area contributed by atoms with Crippen molar-refractivity contribution in [3.8, 4) is 11.1 Å². The Balaban J connectivity index is 1.36. The smallest absolute Gasteiger partial charge is 0.407 e. The maximum Gasteiger partial charge on any atom is 0.407 e. The number of amides is 2. The summed E-state index contributed by atoms with van der Waals surface area (Å²) in [5.74, 6) is -0.268. The minimum atomic E-state index is -0.543. The van der Waals surface area contributed by atoms with Gasteiger partial charge in [-0.05, 0) is 48.2 Å². The molecule has 4 N–H and O–H groups in total. The van der Waals surface area contributed by atoms with Crippen molar-refractivity contribution in [2.75, 3.05) is 11.1 Å². The molecular formula is C26H27N3O3. The third kappa shape index (κ3) is 4.44. The fourth-order valence-corrected chi connectivity index (χ4v) is 4.31. The van der Waals surface area contributed by atoms with Gasteiger partial charge in [0.05, 0.1) is 11.4 Å². The topological polar surface area (TPSA) is 93.4 Å². The minimum absolute atomic E-state index is 0.0344. The molecule has 0 heterocycles. The Kier molecular flexibility index (Phi) is 6.12. The highest BCUT2D eigenvalue weighted by molar-refractivity contribution is 5.94. The van der Waals surface area contributed by atoms with Crippen LogP contribution in [0.3, 0.4) is 0 Å². The van der Waals surface area contributed by atoms with Crippen LogP contribution in [0.5, 0.6) is 0 Å². The highest BCUT2D eigenvalue weighted by atomic mass is 16.6. The first-order chi connectivity index (χ1) is 15.4. The SMILES string of the molecule is CC(OC(=O)N[C@H](C)CC(=O)Nc1ccccc1N)C1c2ccccc2-c2ccccc21. The molecule has 3 aromatic rings. The summed E-state index contributed by atoms with van der Waals surface area (Å²) in [6.07, 6.45) is -0.809. The average molecular weight is 430 g/mol. The average Bonchev–Trinajstić information content (AvgIpc) is 3.09. The lowest BCUT2D eigenvalue weighted by atomic mass is 9.92. The molecule has 0 spiro atoms. The number of hydrogen-bond acceptors (Lipinski definition) is 4. The minimum Gasteiger partial charge on any atom is -0.446 e. The zero-order valence-electron chi connectivity index (χ0n) is 18.2. The van der Waals surface area contributed by atoms with Crippen LogP contribution in [0.25, 0.3) is 11.1 Å². The zero-order valence-corrected chi connectivity index (χ0v) is 18.2. The number of nitrogens with one attached hydrogen (secondary N) is 2. The van der Waals surface area contributed by atoms with E-state index in [0.717, 1.165) is 11.1 Å². The Labute approximate surface area is 187 Å². The molecule has 1 aliphatic rings. The van der Waals surface area contributed by atoms with Crippen LogP contribution in [0.15, 0.2) is 72.8 Å². The molecule has 2 amide bonds. The number of carbonyl (C=O) groups excluding carboxylic acids is 2. The summed E-state index contributed by atoms with van der Waals surface area (Å²) in [6, 6.07) is 23.1. The number of ether oxygens (including phenoxy) is 1. The summed E-state index contributed by atoms with van der Waals surface area (Å²) < 4.78 is 5.74. The molecule has 6 heteroatoms. The monoisotopic (exact) mass is 429 g/mol. The Bertz CT molecular complexity index is 1100. The molecule has 1 unspecified atom stereocenters. The van der Waals surface area contributed by atoms with E-state index >= 15 is 0 Å². The van der Waals surface area contributed by atoms with Crippen molar-refractivity contribution in [3.05, 3.63) is 83.9 Å². The quantitative estimate of drug-likeness (QED) is 0.485. The van der Waals surface area contributed by atoms with Crippen LogP contribution < -0.4 is 16.4 Å². The molecule has 4 rings (SSSR count). The van der Waals surface area contributed by atoms with E-state index in [1.165, 1.54) is 11.1 Å². The number of nitrogen functional groups attached to an aromatic ring is 1. The molecule has 6 nitrogen and oxygen atoms in total. The summed E-state index contributed by atoms with van der Waals surface area (Å²) in [5, 5.41) is 5.53. The summed E-state index contributed by atoms with van der Waals surface area (Å²) >= 11 is 0. The lowest BCUT2D eigenvalue weighted by molar-refractivity contribution is -0.116. The Morgan fingerprint density at radius 3 is 2.09 bits per heavy atom. The first kappa shape index (κ1) is 21.4. The van der Waals surface area contributed by atoms with Crippen LogP contribution in [0.1, 0.15) is 37.3 Å². The molecule has 0 saturated carbocycles. The van der Waals surface area contributed by atoms with Gasteiger partial charge >= 0.3 is 6.09 Å². The first-order valence-corrected chi connectivity index (χ1v) is 10.7. The van der Waals surface area contributed by atoms with Crippen LogP contribution in [0, 0.1) is 0 Å². The molecule has 32 heavy (non-hydrogen) atoms. The fraction of sp³-hybridized carbons (Fsp3) is 0.231. The van der Waals surface area contributed by atoms with Crippen molar-refractivity contribution in [3.63, 3.8) is 0 Å². The maximum atomic E-state index is 12.6. The molecule has 0 saturated heterocycles. The molecular weight excluding hydrogens is 402 g/mol. The van der Waals surface area contributed by atoms with Crippen LogP contribution in [-0.2, 0) is 9.53 Å². The number of hydrogen-bond donors (Lipinski definition) is 3. The Morgan fingerprint density at radius 2 is 1.47 bits per heavy atom. The van der Waals surface area contributed by atoms with Crippen LogP contribution >= 0.6 is 0 Å². The van der Waals surface area contributed by atoms with Gasteiger partial charge in [0.1, 0.15) is 6.10 Å². The van der Waals surface area contributed by atoms with Gasteiger partial charge in [-0.1, -0.05) is 60.7 Å². The molecule has 0 bridgehead atoms. The number of fused-ring (bicyclic) bond motifs is 3. The van der Waals surface area contributed by atoms with E-state index < -0.39 is 12.1 Å². The molecule has 3 aromatic carbocycles. The Hall–Kier alpha value is -3.80. The maximum absolute atomic E-state index is 12.6. The van der Waals surface area contributed by atoms with Crippen molar-refractivity contribution in [2.45, 2.75) is 38.3 Å². The largest absolute Gasteiger partial charge is 0.446 e. The normalized spacial score (nSPS) is 14.1. The number of carbonyl (C=O) groups is 2. The highest BCUT2D eigenvalue weighted by Gasteiger charge is 2.34. The van der Waals surface area contributed by atoms with Crippen molar-refractivity contribution in [1.82, 2.24) is 5.32 Å². The molecule has 164 valence electrons. The van der Waals surface area contributed by atoms with E-state index in [9.17, 15) is 9.59 Å². The van der Waals surface area contributed by atoms with E-state index in [0.29, 0.717) is 11.4 Å². The number of anilines is 2. The van der Waals surface area contributed by atoms with Gasteiger partial charge < -0.3 is 21.1 Å². The van der Waals surface area contributed by atoms with Gasteiger partial charge in [0, 0.05) is 18.4 Å². The van der Waals surface area contributed by atoms with E-state index in [2.05, 4.69) is 34.9 Å². The molecule has 0 radical (unpaired) electrons. The Morgan fingerprint density at radius 1 is 0.906 bits per heavy atom. The fourth-order valence-electron chi connectivity index (χ4n) is 4.31. The first-order valence-electron chi connectivity index (χ1n) is 10.7. The summed E-state index contributed by atoms with van der Waals surface area (Å²) in [4.78, 5) is 24.9. The van der Waals surface area contributed by atoms with E-state index in [4.69, 9.17) is 10.5 Å². The molecule has 0 fully saturated rings. The van der Waals surface area contributed by atoms with Gasteiger partial charge in [0.2, 0.25) is 5.91 Å². The van der Waals surface area contributed by atoms with Gasteiger partial charge in [-0.25, -0.2) is 4.79 Å². The number of alkyl carbamates (subject to hydrolysis) is 1.